The molecule has 7 nitrogen and oxygen atoms in total. The van der Waals surface area contributed by atoms with Gasteiger partial charge in [-0.05, 0) is 31.0 Å². The molecule has 26 heavy (non-hydrogen) atoms. The normalized spacial score (nSPS) is 15.9. The molecule has 2 N–H and O–H groups in total. The Hall–Kier alpha value is -2.28. The van der Waals surface area contributed by atoms with E-state index in [4.69, 9.17) is 14.2 Å². The third-order valence-corrected chi connectivity index (χ3v) is 4.24. The van der Waals surface area contributed by atoms with Gasteiger partial charge in [0.2, 0.25) is 0 Å². The molecule has 1 heterocycles. The Morgan fingerprint density at radius 3 is 2.31 bits per heavy atom. The van der Waals surface area contributed by atoms with Crippen LogP contribution in [0.2, 0.25) is 0 Å². The van der Waals surface area contributed by atoms with E-state index in [2.05, 4.69) is 5.32 Å². The molecule has 0 aliphatic carbocycles. The van der Waals surface area contributed by atoms with E-state index in [9.17, 15) is 14.7 Å². The first-order chi connectivity index (χ1) is 12.5. The highest BCUT2D eigenvalue weighted by Crippen LogP contribution is 2.29. The van der Waals surface area contributed by atoms with E-state index in [0.717, 1.165) is 12.8 Å². The molecular weight excluding hydrogens is 338 g/mol. The molecule has 1 aromatic carbocycles. The Balaban J connectivity index is 2.20. The number of benzene rings is 1. The van der Waals surface area contributed by atoms with Crippen LogP contribution in [0.1, 0.15) is 49.9 Å². The van der Waals surface area contributed by atoms with Crippen molar-refractivity contribution in [1.82, 2.24) is 5.32 Å². The fraction of sp³-hybridized carbons (Fsp3) is 0.579. The minimum atomic E-state index is -1.29. The van der Waals surface area contributed by atoms with Gasteiger partial charge in [0.25, 0.3) is 5.91 Å². The summed E-state index contributed by atoms with van der Waals surface area (Å²) in [7, 11) is 0. The number of hydrogen-bond acceptors (Lipinski definition) is 5. The van der Waals surface area contributed by atoms with Crippen molar-refractivity contribution in [3.8, 4) is 11.5 Å². The van der Waals surface area contributed by atoms with Crippen LogP contribution in [0.25, 0.3) is 0 Å². The van der Waals surface area contributed by atoms with E-state index in [0.29, 0.717) is 43.5 Å². The van der Waals surface area contributed by atoms with E-state index in [1.807, 2.05) is 13.8 Å². The van der Waals surface area contributed by atoms with E-state index >= 15 is 0 Å². The summed E-state index contributed by atoms with van der Waals surface area (Å²) in [6, 6.07) is 4.91. The van der Waals surface area contributed by atoms with Crippen LogP contribution in [-0.2, 0) is 9.53 Å². The minimum Gasteiger partial charge on any atom is -0.490 e. The first-order valence-electron chi connectivity index (χ1n) is 9.05. The number of nitrogens with one attached hydrogen (secondary N) is 1. The number of ether oxygens (including phenoxy) is 3. The van der Waals surface area contributed by atoms with Gasteiger partial charge in [-0.3, -0.25) is 4.79 Å². The van der Waals surface area contributed by atoms with Crippen LogP contribution in [0.15, 0.2) is 18.2 Å². The molecule has 0 unspecified atom stereocenters. The van der Waals surface area contributed by atoms with Crippen LogP contribution in [0, 0.1) is 0 Å². The Bertz CT molecular complexity index is 624. The van der Waals surface area contributed by atoms with Gasteiger partial charge in [0.05, 0.1) is 13.2 Å². The topological polar surface area (TPSA) is 94.1 Å². The summed E-state index contributed by atoms with van der Waals surface area (Å²) < 4.78 is 16.6. The summed E-state index contributed by atoms with van der Waals surface area (Å²) in [6.07, 6.45) is 2.17. The molecule has 1 aromatic rings. The summed E-state index contributed by atoms with van der Waals surface area (Å²) in [4.78, 5) is 24.4. The Labute approximate surface area is 153 Å². The van der Waals surface area contributed by atoms with Crippen LogP contribution >= 0.6 is 0 Å². The maximum atomic E-state index is 12.7. The van der Waals surface area contributed by atoms with Gasteiger partial charge in [0.1, 0.15) is 5.54 Å². The van der Waals surface area contributed by atoms with E-state index in [-0.39, 0.29) is 12.8 Å². The van der Waals surface area contributed by atoms with Gasteiger partial charge >= 0.3 is 5.97 Å². The summed E-state index contributed by atoms with van der Waals surface area (Å²) in [6.45, 7) is 5.67. The van der Waals surface area contributed by atoms with E-state index in [1.165, 1.54) is 0 Å². The van der Waals surface area contributed by atoms with Crippen molar-refractivity contribution in [1.29, 1.82) is 0 Å². The Kier molecular flexibility index (Phi) is 7.26. The van der Waals surface area contributed by atoms with Crippen molar-refractivity contribution < 1.29 is 28.9 Å². The predicted octanol–water partition coefficient (Wildman–Crippen LogP) is 2.63. The molecule has 1 fully saturated rings. The molecule has 1 saturated heterocycles. The maximum absolute atomic E-state index is 12.7. The number of carbonyl (C=O) groups is 2. The SMILES string of the molecule is CCCOc1ccc(C(=O)NC2(C(=O)O)CCOCC2)cc1OCCC. The summed E-state index contributed by atoms with van der Waals surface area (Å²) in [5, 5.41) is 12.3. The average Bonchev–Trinajstić information content (AvgIpc) is 2.65. The molecule has 1 aliphatic rings. The van der Waals surface area contributed by atoms with Gasteiger partial charge in [0.15, 0.2) is 11.5 Å². The zero-order valence-corrected chi connectivity index (χ0v) is 15.4. The second kappa shape index (κ2) is 9.43. The van der Waals surface area contributed by atoms with Crippen molar-refractivity contribution in [2.75, 3.05) is 26.4 Å². The summed E-state index contributed by atoms with van der Waals surface area (Å²) in [5.74, 6) is -0.419. The standard InChI is InChI=1S/C19H27NO6/c1-3-9-25-15-6-5-14(13-16(15)26-10-4-2)17(21)20-19(18(22)23)7-11-24-12-8-19/h5-6,13H,3-4,7-12H2,1-2H3,(H,20,21)(H,22,23). The number of hydrogen-bond donors (Lipinski definition) is 2. The van der Waals surface area contributed by atoms with Crippen molar-refractivity contribution in [2.45, 2.75) is 45.1 Å². The van der Waals surface area contributed by atoms with Gasteiger partial charge < -0.3 is 24.6 Å². The molecule has 0 bridgehead atoms. The van der Waals surface area contributed by atoms with Crippen molar-refractivity contribution in [3.05, 3.63) is 23.8 Å². The molecule has 144 valence electrons. The number of carboxylic acid groups (broad SMARTS) is 1. The van der Waals surface area contributed by atoms with Gasteiger partial charge in [-0.15, -0.1) is 0 Å². The van der Waals surface area contributed by atoms with Gasteiger partial charge in [-0.25, -0.2) is 4.79 Å². The molecule has 7 heteroatoms. The lowest BCUT2D eigenvalue weighted by atomic mass is 9.89. The fourth-order valence-electron chi connectivity index (χ4n) is 2.71. The Morgan fingerprint density at radius 2 is 1.73 bits per heavy atom. The molecule has 0 radical (unpaired) electrons. The second-order valence-electron chi connectivity index (χ2n) is 6.31. The third kappa shape index (κ3) is 4.88. The fourth-order valence-corrected chi connectivity index (χ4v) is 2.71. The number of rotatable bonds is 9. The van der Waals surface area contributed by atoms with Gasteiger partial charge in [-0.2, -0.15) is 0 Å². The first kappa shape index (κ1) is 20.0. The van der Waals surface area contributed by atoms with E-state index in [1.54, 1.807) is 18.2 Å². The van der Waals surface area contributed by atoms with Crippen LogP contribution in [-0.4, -0.2) is 48.9 Å². The highest BCUT2D eigenvalue weighted by molar-refractivity contribution is 5.98. The zero-order chi connectivity index (χ0) is 19.0. The highest BCUT2D eigenvalue weighted by Gasteiger charge is 2.41. The first-order valence-corrected chi connectivity index (χ1v) is 9.05. The molecule has 0 aromatic heterocycles. The Morgan fingerprint density at radius 1 is 1.12 bits per heavy atom. The minimum absolute atomic E-state index is 0.241. The molecule has 0 saturated carbocycles. The second-order valence-corrected chi connectivity index (χ2v) is 6.31. The highest BCUT2D eigenvalue weighted by atomic mass is 16.5. The lowest BCUT2D eigenvalue weighted by Gasteiger charge is -2.33. The third-order valence-electron chi connectivity index (χ3n) is 4.24. The summed E-state index contributed by atoms with van der Waals surface area (Å²) in [5.41, 5.74) is -0.955. The monoisotopic (exact) mass is 365 g/mol. The number of aliphatic carboxylic acids is 1. The van der Waals surface area contributed by atoms with Crippen LogP contribution in [0.3, 0.4) is 0 Å². The smallest absolute Gasteiger partial charge is 0.329 e. The van der Waals surface area contributed by atoms with Crippen LogP contribution < -0.4 is 14.8 Å². The van der Waals surface area contributed by atoms with Crippen LogP contribution in [0.5, 0.6) is 11.5 Å². The maximum Gasteiger partial charge on any atom is 0.329 e. The van der Waals surface area contributed by atoms with Crippen molar-refractivity contribution >= 4 is 11.9 Å². The predicted molar refractivity (Wildman–Crippen MR) is 95.9 cm³/mol. The quantitative estimate of drug-likeness (QED) is 0.699. The molecule has 2 rings (SSSR count). The largest absolute Gasteiger partial charge is 0.490 e. The molecule has 1 amide bonds. The number of carboxylic acids is 1. The lowest BCUT2D eigenvalue weighted by Crippen LogP contribution is -2.57. The number of amides is 1. The zero-order valence-electron chi connectivity index (χ0n) is 15.4. The number of carbonyl (C=O) groups excluding carboxylic acids is 1. The molecular formula is C19H27NO6. The van der Waals surface area contributed by atoms with Crippen LogP contribution in [0.4, 0.5) is 0 Å². The molecule has 0 spiro atoms. The summed E-state index contributed by atoms with van der Waals surface area (Å²) >= 11 is 0. The van der Waals surface area contributed by atoms with Crippen molar-refractivity contribution in [3.63, 3.8) is 0 Å². The van der Waals surface area contributed by atoms with Gasteiger partial charge in [0, 0.05) is 31.6 Å². The average molecular weight is 365 g/mol. The lowest BCUT2D eigenvalue weighted by molar-refractivity contribution is -0.148. The molecule has 1 aliphatic heterocycles. The van der Waals surface area contributed by atoms with Gasteiger partial charge in [-0.1, -0.05) is 13.8 Å². The van der Waals surface area contributed by atoms with E-state index < -0.39 is 17.4 Å². The molecule has 0 atom stereocenters. The van der Waals surface area contributed by atoms with Crippen molar-refractivity contribution in [2.24, 2.45) is 0 Å².